The topological polar surface area (TPSA) is 78.9 Å². The summed E-state index contributed by atoms with van der Waals surface area (Å²) in [5, 5.41) is 8.73. The first-order valence-corrected chi connectivity index (χ1v) is 8.59. The average Bonchev–Trinajstić information content (AvgIpc) is 2.81. The first kappa shape index (κ1) is 18.3. The number of hydrogen-bond acceptors (Lipinski definition) is 4. The number of benzene rings is 1. The zero-order valence-corrected chi connectivity index (χ0v) is 14.4. The smallest absolute Gasteiger partial charge is 0.274 e. The second kappa shape index (κ2) is 8.68. The second-order valence-corrected chi connectivity index (χ2v) is 6.15. The van der Waals surface area contributed by atoms with Gasteiger partial charge in [-0.15, -0.1) is 0 Å². The normalized spacial score (nSPS) is 13.9. The van der Waals surface area contributed by atoms with Crippen molar-refractivity contribution >= 4 is 11.8 Å². The van der Waals surface area contributed by atoms with E-state index in [-0.39, 0.29) is 11.8 Å². The van der Waals surface area contributed by atoms with Crippen molar-refractivity contribution in [3.05, 3.63) is 29.3 Å². The van der Waals surface area contributed by atoms with Gasteiger partial charge in [-0.1, -0.05) is 32.8 Å². The summed E-state index contributed by atoms with van der Waals surface area (Å²) in [5.41, 5.74) is 2.82. The third kappa shape index (κ3) is 4.26. The molecule has 2 amide bonds. The summed E-state index contributed by atoms with van der Waals surface area (Å²) >= 11 is 0. The summed E-state index contributed by atoms with van der Waals surface area (Å²) in [6.07, 6.45) is 3.81. The Bertz CT molecular complexity index is 582. The van der Waals surface area contributed by atoms with E-state index in [9.17, 15) is 9.59 Å². The minimum Gasteiger partial charge on any atom is -0.491 e. The summed E-state index contributed by atoms with van der Waals surface area (Å²) in [5.74, 6) is 0.270. The SMILES string of the molecule is CCCC(CCC)C(=O)N1CCOc2cc(C(=O)NO)ccc2C1. The van der Waals surface area contributed by atoms with Crippen LogP contribution in [-0.4, -0.2) is 35.1 Å². The molecule has 1 aliphatic rings. The van der Waals surface area contributed by atoms with Crippen molar-refractivity contribution in [2.45, 2.75) is 46.1 Å². The van der Waals surface area contributed by atoms with Crippen LogP contribution in [0.3, 0.4) is 0 Å². The molecule has 0 atom stereocenters. The molecule has 0 spiro atoms. The van der Waals surface area contributed by atoms with Crippen LogP contribution < -0.4 is 10.2 Å². The van der Waals surface area contributed by atoms with Gasteiger partial charge in [0.1, 0.15) is 12.4 Å². The molecular weight excluding hydrogens is 308 g/mol. The lowest BCUT2D eigenvalue weighted by molar-refractivity contribution is -0.136. The minimum absolute atomic E-state index is 0.0704. The van der Waals surface area contributed by atoms with Crippen LogP contribution in [-0.2, 0) is 11.3 Å². The van der Waals surface area contributed by atoms with Crippen LogP contribution in [0.4, 0.5) is 0 Å². The van der Waals surface area contributed by atoms with Crippen molar-refractivity contribution in [2.24, 2.45) is 5.92 Å². The number of nitrogens with zero attached hydrogens (tertiary/aromatic N) is 1. The summed E-state index contributed by atoms with van der Waals surface area (Å²) in [6.45, 7) is 5.63. The van der Waals surface area contributed by atoms with Gasteiger partial charge in [0.25, 0.3) is 5.91 Å². The Balaban J connectivity index is 2.16. The Hall–Kier alpha value is -2.08. The lowest BCUT2D eigenvalue weighted by Crippen LogP contribution is -2.37. The molecule has 0 unspecified atom stereocenters. The summed E-state index contributed by atoms with van der Waals surface area (Å²) in [4.78, 5) is 26.2. The van der Waals surface area contributed by atoms with Gasteiger partial charge < -0.3 is 9.64 Å². The van der Waals surface area contributed by atoms with Gasteiger partial charge >= 0.3 is 0 Å². The van der Waals surface area contributed by atoms with Gasteiger partial charge in [-0.3, -0.25) is 14.8 Å². The van der Waals surface area contributed by atoms with Crippen molar-refractivity contribution < 1.29 is 19.5 Å². The van der Waals surface area contributed by atoms with E-state index in [2.05, 4.69) is 13.8 Å². The first-order chi connectivity index (χ1) is 11.6. The molecule has 0 bridgehead atoms. The van der Waals surface area contributed by atoms with Gasteiger partial charge in [0, 0.05) is 23.6 Å². The Morgan fingerprint density at radius 2 is 2.00 bits per heavy atom. The molecule has 1 aliphatic heterocycles. The summed E-state index contributed by atoms with van der Waals surface area (Å²) < 4.78 is 5.71. The van der Waals surface area contributed by atoms with E-state index in [4.69, 9.17) is 9.94 Å². The summed E-state index contributed by atoms with van der Waals surface area (Å²) in [6, 6.07) is 5.00. The fourth-order valence-corrected chi connectivity index (χ4v) is 3.11. The molecule has 6 heteroatoms. The molecule has 1 aromatic rings. The third-order valence-electron chi connectivity index (χ3n) is 4.35. The molecule has 6 nitrogen and oxygen atoms in total. The molecule has 1 aromatic carbocycles. The molecular formula is C18H26N2O4. The Morgan fingerprint density at radius 1 is 1.29 bits per heavy atom. The zero-order valence-electron chi connectivity index (χ0n) is 14.4. The Labute approximate surface area is 142 Å². The van der Waals surface area contributed by atoms with Crippen molar-refractivity contribution in [3.63, 3.8) is 0 Å². The molecule has 1 heterocycles. The molecule has 0 saturated heterocycles. The number of hydroxylamine groups is 1. The maximum Gasteiger partial charge on any atom is 0.274 e. The number of carbonyl (C=O) groups is 2. The fourth-order valence-electron chi connectivity index (χ4n) is 3.11. The highest BCUT2D eigenvalue weighted by Crippen LogP contribution is 2.26. The van der Waals surface area contributed by atoms with Crippen LogP contribution in [0.15, 0.2) is 18.2 Å². The first-order valence-electron chi connectivity index (χ1n) is 8.59. The van der Waals surface area contributed by atoms with E-state index < -0.39 is 5.91 Å². The van der Waals surface area contributed by atoms with Gasteiger partial charge in [-0.05, 0) is 25.0 Å². The molecule has 24 heavy (non-hydrogen) atoms. The van der Waals surface area contributed by atoms with Crippen LogP contribution in [0.1, 0.15) is 55.5 Å². The quantitative estimate of drug-likeness (QED) is 0.619. The van der Waals surface area contributed by atoms with Crippen LogP contribution in [0.25, 0.3) is 0 Å². The van der Waals surface area contributed by atoms with Crippen LogP contribution in [0.2, 0.25) is 0 Å². The molecule has 0 aromatic heterocycles. The minimum atomic E-state index is -0.579. The number of rotatable bonds is 6. The number of fused-ring (bicyclic) bond motifs is 1. The molecule has 0 saturated carbocycles. The van der Waals surface area contributed by atoms with Crippen molar-refractivity contribution in [2.75, 3.05) is 13.2 Å². The average molecular weight is 334 g/mol. The molecule has 0 aliphatic carbocycles. The van der Waals surface area contributed by atoms with E-state index in [1.165, 1.54) is 0 Å². The van der Waals surface area contributed by atoms with Crippen molar-refractivity contribution in [3.8, 4) is 5.75 Å². The number of ether oxygens (including phenoxy) is 1. The van der Waals surface area contributed by atoms with Crippen molar-refractivity contribution in [1.29, 1.82) is 0 Å². The molecule has 2 rings (SSSR count). The van der Waals surface area contributed by atoms with Crippen LogP contribution in [0, 0.1) is 5.92 Å². The van der Waals surface area contributed by atoms with Crippen LogP contribution in [0.5, 0.6) is 5.75 Å². The zero-order chi connectivity index (χ0) is 17.5. The van der Waals surface area contributed by atoms with Gasteiger partial charge in [0.2, 0.25) is 5.91 Å². The lowest BCUT2D eigenvalue weighted by Gasteiger charge is -2.25. The number of hydrogen-bond donors (Lipinski definition) is 2. The van der Waals surface area contributed by atoms with E-state index >= 15 is 0 Å². The van der Waals surface area contributed by atoms with Crippen LogP contribution >= 0.6 is 0 Å². The van der Waals surface area contributed by atoms with E-state index in [1.54, 1.807) is 23.7 Å². The maximum absolute atomic E-state index is 12.8. The fraction of sp³-hybridized carbons (Fsp3) is 0.556. The van der Waals surface area contributed by atoms with Gasteiger partial charge in [-0.2, -0.15) is 0 Å². The number of amides is 2. The van der Waals surface area contributed by atoms with E-state index in [0.29, 0.717) is 31.0 Å². The molecule has 0 radical (unpaired) electrons. The van der Waals surface area contributed by atoms with E-state index in [0.717, 1.165) is 31.2 Å². The van der Waals surface area contributed by atoms with E-state index in [1.807, 2.05) is 4.90 Å². The Morgan fingerprint density at radius 3 is 2.62 bits per heavy atom. The second-order valence-electron chi connectivity index (χ2n) is 6.15. The monoisotopic (exact) mass is 334 g/mol. The van der Waals surface area contributed by atoms with Gasteiger partial charge in [-0.25, -0.2) is 5.48 Å². The van der Waals surface area contributed by atoms with Gasteiger partial charge in [0.15, 0.2) is 0 Å². The highest BCUT2D eigenvalue weighted by atomic mass is 16.5. The highest BCUT2D eigenvalue weighted by molar-refractivity contribution is 5.93. The lowest BCUT2D eigenvalue weighted by atomic mass is 9.96. The Kier molecular flexibility index (Phi) is 6.61. The predicted molar refractivity (Wildman–Crippen MR) is 89.9 cm³/mol. The number of nitrogens with one attached hydrogen (secondary N) is 1. The van der Waals surface area contributed by atoms with Crippen molar-refractivity contribution in [1.82, 2.24) is 10.4 Å². The largest absolute Gasteiger partial charge is 0.491 e. The molecule has 0 fully saturated rings. The third-order valence-corrected chi connectivity index (χ3v) is 4.35. The predicted octanol–water partition coefficient (Wildman–Crippen LogP) is 2.74. The van der Waals surface area contributed by atoms with Gasteiger partial charge in [0.05, 0.1) is 6.54 Å². The standard InChI is InChI=1S/C18H26N2O4/c1-3-5-13(6-4-2)18(22)20-9-10-24-16-11-14(17(21)19-23)7-8-15(16)12-20/h7-8,11,13,23H,3-6,9-10,12H2,1-2H3,(H,19,21). The maximum atomic E-state index is 12.8. The molecule has 2 N–H and O–H groups in total. The molecule has 132 valence electrons. The summed E-state index contributed by atoms with van der Waals surface area (Å²) in [7, 11) is 0. The highest BCUT2D eigenvalue weighted by Gasteiger charge is 2.26. The number of carbonyl (C=O) groups excluding carboxylic acids is 2.